The normalized spacial score (nSPS) is 12.6. The molecule has 1 heterocycles. The number of aryl methyl sites for hydroxylation is 1. The second kappa shape index (κ2) is 6.20. The van der Waals surface area contributed by atoms with Crippen LogP contribution >= 0.6 is 0 Å². The Hall–Kier alpha value is -2.32. The fourth-order valence-electron chi connectivity index (χ4n) is 2.59. The lowest BCUT2D eigenvalue weighted by atomic mass is 10.1. The van der Waals surface area contributed by atoms with Gasteiger partial charge in [0.15, 0.2) is 5.03 Å². The van der Waals surface area contributed by atoms with Crippen LogP contribution in [0.3, 0.4) is 0 Å². The van der Waals surface area contributed by atoms with Gasteiger partial charge >= 0.3 is 6.18 Å². The molecule has 4 nitrogen and oxygen atoms in total. The molecule has 0 saturated carbocycles. The van der Waals surface area contributed by atoms with Gasteiger partial charge in [0.2, 0.25) is 0 Å². The number of halogens is 3. The van der Waals surface area contributed by atoms with Crippen LogP contribution in [0.5, 0.6) is 0 Å². The minimum Gasteiger partial charge on any atom is -0.344 e. The van der Waals surface area contributed by atoms with Crippen molar-refractivity contribution in [3.63, 3.8) is 0 Å². The first-order valence-corrected chi connectivity index (χ1v) is 8.90. The molecule has 0 unspecified atom stereocenters. The summed E-state index contributed by atoms with van der Waals surface area (Å²) in [5.41, 5.74) is 0.960. The molecule has 0 bridgehead atoms. The van der Waals surface area contributed by atoms with Crippen LogP contribution in [0.2, 0.25) is 0 Å². The first-order chi connectivity index (χ1) is 11.7. The largest absolute Gasteiger partial charge is 0.416 e. The molecule has 25 heavy (non-hydrogen) atoms. The van der Waals surface area contributed by atoms with E-state index in [4.69, 9.17) is 0 Å². The van der Waals surface area contributed by atoms with E-state index in [1.165, 1.54) is 12.1 Å². The van der Waals surface area contributed by atoms with Crippen LogP contribution in [-0.4, -0.2) is 13.4 Å². The van der Waals surface area contributed by atoms with E-state index in [0.717, 1.165) is 17.5 Å². The van der Waals surface area contributed by atoms with E-state index in [-0.39, 0.29) is 11.6 Å². The van der Waals surface area contributed by atoms with Crippen molar-refractivity contribution < 1.29 is 21.6 Å². The van der Waals surface area contributed by atoms with Gasteiger partial charge in [-0.1, -0.05) is 30.3 Å². The van der Waals surface area contributed by atoms with Crippen molar-refractivity contribution in [2.45, 2.75) is 24.7 Å². The molecular formula is C17H15F3N2O2S. The molecule has 3 rings (SSSR count). The summed E-state index contributed by atoms with van der Waals surface area (Å²) in [5.74, 6) is 0. The van der Waals surface area contributed by atoms with Gasteiger partial charge in [0.05, 0.1) is 5.56 Å². The molecule has 132 valence electrons. The van der Waals surface area contributed by atoms with E-state index < -0.39 is 21.8 Å². The highest BCUT2D eigenvalue weighted by molar-refractivity contribution is 7.89. The molecule has 2 aromatic carbocycles. The van der Waals surface area contributed by atoms with Crippen molar-refractivity contribution in [2.75, 3.05) is 0 Å². The van der Waals surface area contributed by atoms with E-state index in [1.54, 1.807) is 19.1 Å². The van der Waals surface area contributed by atoms with Crippen molar-refractivity contribution in [3.8, 4) is 0 Å². The molecular weight excluding hydrogens is 353 g/mol. The van der Waals surface area contributed by atoms with Crippen LogP contribution < -0.4 is 4.72 Å². The molecule has 0 atom stereocenters. The van der Waals surface area contributed by atoms with Crippen LogP contribution in [0, 0.1) is 6.92 Å². The summed E-state index contributed by atoms with van der Waals surface area (Å²) in [6.07, 6.45) is -4.42. The first kappa shape index (κ1) is 17.5. The summed E-state index contributed by atoms with van der Waals surface area (Å²) < 4.78 is 65.0. The van der Waals surface area contributed by atoms with Gasteiger partial charge in [0.1, 0.15) is 0 Å². The van der Waals surface area contributed by atoms with E-state index in [0.29, 0.717) is 16.6 Å². The molecule has 0 aliphatic rings. The van der Waals surface area contributed by atoms with Crippen molar-refractivity contribution in [1.29, 1.82) is 0 Å². The van der Waals surface area contributed by atoms with E-state index in [9.17, 15) is 21.6 Å². The van der Waals surface area contributed by atoms with Crippen LogP contribution in [0.4, 0.5) is 13.2 Å². The summed E-state index contributed by atoms with van der Waals surface area (Å²) in [7, 11) is -3.82. The number of rotatable bonds is 4. The molecule has 3 aromatic rings. The zero-order valence-corrected chi connectivity index (χ0v) is 14.0. The third-order valence-electron chi connectivity index (χ3n) is 3.94. The van der Waals surface area contributed by atoms with Crippen molar-refractivity contribution in [1.82, 2.24) is 9.71 Å². The topological polar surface area (TPSA) is 62.0 Å². The van der Waals surface area contributed by atoms with Crippen molar-refractivity contribution in [3.05, 3.63) is 65.2 Å². The molecule has 0 aliphatic heterocycles. The average Bonchev–Trinajstić information content (AvgIpc) is 2.91. The van der Waals surface area contributed by atoms with Gasteiger partial charge in [-0.25, -0.2) is 13.1 Å². The predicted octanol–water partition coefficient (Wildman–Crippen LogP) is 3.97. The molecule has 0 spiro atoms. The molecule has 0 aliphatic carbocycles. The van der Waals surface area contributed by atoms with Gasteiger partial charge in [-0.3, -0.25) is 0 Å². The predicted molar refractivity (Wildman–Crippen MR) is 88.5 cm³/mol. The molecule has 0 amide bonds. The van der Waals surface area contributed by atoms with Gasteiger partial charge < -0.3 is 4.98 Å². The number of nitrogens with one attached hydrogen (secondary N) is 2. The van der Waals surface area contributed by atoms with Gasteiger partial charge in [-0.15, -0.1) is 0 Å². The van der Waals surface area contributed by atoms with Gasteiger partial charge in [-0.2, -0.15) is 13.2 Å². The zero-order chi connectivity index (χ0) is 18.2. The smallest absolute Gasteiger partial charge is 0.344 e. The first-order valence-electron chi connectivity index (χ1n) is 7.41. The van der Waals surface area contributed by atoms with Crippen molar-refractivity contribution in [2.24, 2.45) is 0 Å². The summed E-state index contributed by atoms with van der Waals surface area (Å²) >= 11 is 0. The molecule has 0 radical (unpaired) electrons. The Labute approximate surface area is 142 Å². The average molecular weight is 368 g/mol. The quantitative estimate of drug-likeness (QED) is 0.732. The summed E-state index contributed by atoms with van der Waals surface area (Å²) in [6.45, 7) is 1.60. The number of aromatic amines is 1. The van der Waals surface area contributed by atoms with Crippen LogP contribution in [0.1, 0.15) is 16.7 Å². The Morgan fingerprint density at radius 2 is 1.68 bits per heavy atom. The van der Waals surface area contributed by atoms with E-state index >= 15 is 0 Å². The maximum atomic E-state index is 12.5. The SMILES string of the molecule is Cc1c(S(=O)(=O)NCc2ccc(C(F)(F)F)cc2)[nH]c2ccccc12. The van der Waals surface area contributed by atoms with Gasteiger partial charge in [0, 0.05) is 17.4 Å². The Morgan fingerprint density at radius 1 is 1.04 bits per heavy atom. The fraction of sp³-hybridized carbons (Fsp3) is 0.176. The lowest BCUT2D eigenvalue weighted by Gasteiger charge is -2.09. The highest BCUT2D eigenvalue weighted by Gasteiger charge is 2.30. The molecule has 2 N–H and O–H groups in total. The number of hydrogen-bond donors (Lipinski definition) is 2. The molecule has 0 saturated heterocycles. The van der Waals surface area contributed by atoms with Crippen molar-refractivity contribution >= 4 is 20.9 Å². The third-order valence-corrected chi connectivity index (χ3v) is 5.41. The number of para-hydroxylation sites is 1. The summed E-state index contributed by atoms with van der Waals surface area (Å²) in [6, 6.07) is 11.6. The Morgan fingerprint density at radius 3 is 2.28 bits per heavy atom. The fourth-order valence-corrected chi connectivity index (χ4v) is 3.85. The number of H-pyrrole nitrogens is 1. The Bertz CT molecular complexity index is 1010. The molecule has 8 heteroatoms. The Kier molecular flexibility index (Phi) is 4.34. The second-order valence-corrected chi connectivity index (χ2v) is 7.35. The lowest BCUT2D eigenvalue weighted by molar-refractivity contribution is -0.137. The van der Waals surface area contributed by atoms with Crippen LogP contribution in [-0.2, 0) is 22.7 Å². The number of sulfonamides is 1. The third kappa shape index (κ3) is 3.54. The molecule has 0 fully saturated rings. The number of benzene rings is 2. The Balaban J connectivity index is 1.81. The minimum absolute atomic E-state index is 0.0561. The van der Waals surface area contributed by atoms with Crippen LogP contribution in [0.15, 0.2) is 53.6 Å². The zero-order valence-electron chi connectivity index (χ0n) is 13.2. The number of alkyl halides is 3. The van der Waals surface area contributed by atoms with Crippen LogP contribution in [0.25, 0.3) is 10.9 Å². The van der Waals surface area contributed by atoms with Gasteiger partial charge in [0.25, 0.3) is 10.0 Å². The monoisotopic (exact) mass is 368 g/mol. The summed E-state index contributed by atoms with van der Waals surface area (Å²) in [4.78, 5) is 2.87. The highest BCUT2D eigenvalue weighted by atomic mass is 32.2. The molecule has 1 aromatic heterocycles. The maximum absolute atomic E-state index is 12.5. The number of hydrogen-bond acceptors (Lipinski definition) is 2. The second-order valence-electron chi connectivity index (χ2n) is 5.64. The van der Waals surface area contributed by atoms with E-state index in [1.807, 2.05) is 12.1 Å². The lowest BCUT2D eigenvalue weighted by Crippen LogP contribution is -2.24. The highest BCUT2D eigenvalue weighted by Crippen LogP contribution is 2.29. The minimum atomic E-state index is -4.42. The maximum Gasteiger partial charge on any atom is 0.416 e. The number of aromatic nitrogens is 1. The van der Waals surface area contributed by atoms with E-state index in [2.05, 4.69) is 9.71 Å². The number of fused-ring (bicyclic) bond motifs is 1. The summed E-state index contributed by atoms with van der Waals surface area (Å²) in [5, 5.41) is 0.859. The standard InChI is InChI=1S/C17H15F3N2O2S/c1-11-14-4-2-3-5-15(14)22-16(11)25(23,24)21-10-12-6-8-13(9-7-12)17(18,19)20/h2-9,21-22H,10H2,1H3. The van der Waals surface area contributed by atoms with Gasteiger partial charge in [-0.05, 0) is 36.2 Å².